The predicted octanol–water partition coefficient (Wildman–Crippen LogP) is 3.23. The zero-order valence-electron chi connectivity index (χ0n) is 24.2. The maximum absolute atomic E-state index is 12.6. The van der Waals surface area contributed by atoms with Crippen LogP contribution in [0.3, 0.4) is 0 Å². The van der Waals surface area contributed by atoms with Gasteiger partial charge in [0.25, 0.3) is 0 Å². The Labute approximate surface area is 227 Å². The van der Waals surface area contributed by atoms with E-state index < -0.39 is 11.0 Å². The lowest BCUT2D eigenvalue weighted by Gasteiger charge is -2.27. The lowest BCUT2D eigenvalue weighted by molar-refractivity contribution is -0.125. The average Bonchev–Trinajstić information content (AvgIpc) is 3.35. The molecular formula is C28H50N4O4S. The van der Waals surface area contributed by atoms with Gasteiger partial charge < -0.3 is 24.6 Å². The summed E-state index contributed by atoms with van der Waals surface area (Å²) in [6, 6.07) is 4.56. The van der Waals surface area contributed by atoms with Crippen molar-refractivity contribution < 1.29 is 18.5 Å². The molecule has 212 valence electrons. The van der Waals surface area contributed by atoms with Crippen LogP contribution in [0.4, 0.5) is 0 Å². The summed E-state index contributed by atoms with van der Waals surface area (Å²) in [4.78, 5) is 16.9. The van der Waals surface area contributed by atoms with Crippen molar-refractivity contribution in [2.45, 2.75) is 63.3 Å². The summed E-state index contributed by atoms with van der Waals surface area (Å²) in [5.74, 6) is 1.59. The van der Waals surface area contributed by atoms with Gasteiger partial charge in [-0.2, -0.15) is 0 Å². The van der Waals surface area contributed by atoms with E-state index in [1.165, 1.54) is 58.2 Å². The number of ether oxygens (including phenoxy) is 2. The molecule has 1 aromatic carbocycles. The zero-order valence-corrected chi connectivity index (χ0v) is 25.0. The summed E-state index contributed by atoms with van der Waals surface area (Å²) in [5, 5.41) is 2.48. The highest BCUT2D eigenvalue weighted by atomic mass is 32.2. The molecule has 1 N–H and O–H groups in total. The van der Waals surface area contributed by atoms with Gasteiger partial charge in [0.15, 0.2) is 0 Å². The summed E-state index contributed by atoms with van der Waals surface area (Å²) in [7, 11) is 8.09. The van der Waals surface area contributed by atoms with Crippen LogP contribution in [0.15, 0.2) is 17.0 Å². The van der Waals surface area contributed by atoms with Crippen LogP contribution in [0.1, 0.15) is 49.7 Å². The monoisotopic (exact) mass is 538 g/mol. The van der Waals surface area contributed by atoms with Gasteiger partial charge in [-0.25, -0.2) is 8.51 Å². The standard InChI is InChI=1S/C15H24N2O4S.C13H26N2/c1-11-8-13(20-5)9-12(2)15(11)22(19)17(4)6-7-21-10-14(18)16-3;1-14(2)13-8-9-15(11-13)10-12-6-4-3-5-7-12/h8-9H,6-7,10H2,1-5H3,(H,16,18);12-13H,3-11H2,1-2H3. The smallest absolute Gasteiger partial charge is 0.245 e. The first-order chi connectivity index (χ1) is 17.7. The Hall–Kier alpha value is -1.52. The summed E-state index contributed by atoms with van der Waals surface area (Å²) in [6.45, 7) is 8.67. The molecule has 1 aliphatic carbocycles. The van der Waals surface area contributed by atoms with Crippen molar-refractivity contribution in [2.24, 2.45) is 5.92 Å². The van der Waals surface area contributed by atoms with Crippen molar-refractivity contribution in [3.8, 4) is 5.75 Å². The van der Waals surface area contributed by atoms with Gasteiger partial charge in [0, 0.05) is 39.8 Å². The minimum absolute atomic E-state index is 0.0115. The van der Waals surface area contributed by atoms with Gasteiger partial charge >= 0.3 is 0 Å². The lowest BCUT2D eigenvalue weighted by Crippen LogP contribution is -2.34. The van der Waals surface area contributed by atoms with Gasteiger partial charge in [0.05, 0.1) is 18.6 Å². The van der Waals surface area contributed by atoms with Gasteiger partial charge in [0.2, 0.25) is 5.91 Å². The molecule has 37 heavy (non-hydrogen) atoms. The maximum atomic E-state index is 12.6. The van der Waals surface area contributed by atoms with Crippen molar-refractivity contribution in [1.82, 2.24) is 19.4 Å². The molecule has 1 amide bonds. The van der Waals surface area contributed by atoms with Crippen LogP contribution in [0.25, 0.3) is 0 Å². The third kappa shape index (κ3) is 10.6. The first-order valence-corrected chi connectivity index (χ1v) is 14.7. The van der Waals surface area contributed by atoms with E-state index in [2.05, 4.69) is 29.2 Å². The number of likely N-dealkylation sites (tertiary alicyclic amines) is 1. The molecule has 3 rings (SSSR count). The summed E-state index contributed by atoms with van der Waals surface area (Å²) in [6.07, 6.45) is 8.80. The van der Waals surface area contributed by atoms with Crippen LogP contribution in [0, 0.1) is 19.8 Å². The molecule has 0 spiro atoms. The molecule has 8 nitrogen and oxygen atoms in total. The quantitative estimate of drug-likeness (QED) is 0.436. The number of nitrogens with zero attached hydrogens (tertiary/aromatic N) is 3. The summed E-state index contributed by atoms with van der Waals surface area (Å²) < 4.78 is 24.8. The Morgan fingerprint density at radius 2 is 1.76 bits per heavy atom. The Morgan fingerprint density at radius 1 is 1.11 bits per heavy atom. The number of methoxy groups -OCH3 is 1. The normalized spacial score (nSPS) is 19.5. The maximum Gasteiger partial charge on any atom is 0.245 e. The Balaban J connectivity index is 0.000000278. The number of hydrogen-bond acceptors (Lipinski definition) is 6. The van der Waals surface area contributed by atoms with Crippen LogP contribution >= 0.6 is 0 Å². The highest BCUT2D eigenvalue weighted by Gasteiger charge is 2.26. The van der Waals surface area contributed by atoms with Crippen molar-refractivity contribution in [1.29, 1.82) is 0 Å². The van der Waals surface area contributed by atoms with E-state index in [-0.39, 0.29) is 12.5 Å². The molecule has 0 aromatic heterocycles. The van der Waals surface area contributed by atoms with Gasteiger partial charge in [-0.1, -0.05) is 19.3 Å². The number of carbonyl (C=O) groups excluding carboxylic acids is 1. The molecule has 2 atom stereocenters. The Bertz CT molecular complexity index is 838. The van der Waals surface area contributed by atoms with Crippen LogP contribution in [-0.2, 0) is 20.5 Å². The van der Waals surface area contributed by atoms with E-state index in [0.29, 0.717) is 13.2 Å². The highest BCUT2D eigenvalue weighted by molar-refractivity contribution is 7.82. The fourth-order valence-electron chi connectivity index (χ4n) is 5.11. The van der Waals surface area contributed by atoms with Crippen molar-refractivity contribution in [3.05, 3.63) is 23.3 Å². The van der Waals surface area contributed by atoms with Crippen molar-refractivity contribution >= 4 is 16.9 Å². The van der Waals surface area contributed by atoms with Crippen molar-refractivity contribution in [2.75, 3.05) is 74.7 Å². The van der Waals surface area contributed by atoms with Crippen LogP contribution in [0.2, 0.25) is 0 Å². The Morgan fingerprint density at radius 3 is 2.30 bits per heavy atom. The molecule has 9 heteroatoms. The molecule has 1 heterocycles. The molecule has 2 unspecified atom stereocenters. The molecule has 0 bridgehead atoms. The average molecular weight is 539 g/mol. The number of rotatable bonds is 11. The van der Waals surface area contributed by atoms with Crippen LogP contribution < -0.4 is 10.1 Å². The van der Waals surface area contributed by atoms with Crippen molar-refractivity contribution in [3.63, 3.8) is 0 Å². The third-order valence-corrected chi connectivity index (χ3v) is 9.15. The van der Waals surface area contributed by atoms with Crippen LogP contribution in [-0.4, -0.2) is 105 Å². The third-order valence-electron chi connectivity index (χ3n) is 7.41. The predicted molar refractivity (Wildman–Crippen MR) is 151 cm³/mol. The first kappa shape index (κ1) is 31.7. The molecular weight excluding hydrogens is 488 g/mol. The first-order valence-electron chi connectivity index (χ1n) is 13.6. The molecule has 0 radical (unpaired) electrons. The largest absolute Gasteiger partial charge is 0.497 e. The van der Waals surface area contributed by atoms with Gasteiger partial charge in [0.1, 0.15) is 23.3 Å². The lowest BCUT2D eigenvalue weighted by atomic mass is 9.89. The fraction of sp³-hybridized carbons (Fsp3) is 0.750. The molecule has 1 saturated carbocycles. The highest BCUT2D eigenvalue weighted by Crippen LogP contribution is 2.27. The topological polar surface area (TPSA) is 74.4 Å². The Kier molecular flexibility index (Phi) is 14.1. The number of hydrogen-bond donors (Lipinski definition) is 1. The number of likely N-dealkylation sites (N-methyl/N-ethyl adjacent to an activating group) is 3. The number of carbonyl (C=O) groups is 1. The number of benzene rings is 1. The summed E-state index contributed by atoms with van der Waals surface area (Å²) in [5.41, 5.74) is 1.85. The van der Waals surface area contributed by atoms with E-state index in [1.54, 1.807) is 25.5 Å². The molecule has 1 saturated heterocycles. The number of nitrogens with one attached hydrogen (secondary N) is 1. The molecule has 1 aromatic rings. The SMILES string of the molecule is CN(C)C1CCN(CC2CCCCC2)C1.CNC(=O)COCCN(C)S(=O)c1c(C)cc(OC)cc1C. The fourth-order valence-corrected chi connectivity index (χ4v) is 6.33. The van der Waals surface area contributed by atoms with E-state index in [4.69, 9.17) is 9.47 Å². The van der Waals surface area contributed by atoms with Gasteiger partial charge in [-0.3, -0.25) is 4.79 Å². The number of amides is 1. The molecule has 1 aliphatic heterocycles. The molecule has 2 fully saturated rings. The van der Waals surface area contributed by atoms with Gasteiger partial charge in [-0.05, 0) is 82.9 Å². The van der Waals surface area contributed by atoms with E-state index in [9.17, 15) is 9.00 Å². The zero-order chi connectivity index (χ0) is 27.4. The minimum atomic E-state index is -1.28. The second kappa shape index (κ2) is 16.4. The van der Waals surface area contributed by atoms with E-state index in [1.807, 2.05) is 26.0 Å². The summed E-state index contributed by atoms with van der Waals surface area (Å²) >= 11 is 0. The van der Waals surface area contributed by atoms with Crippen LogP contribution in [0.5, 0.6) is 5.75 Å². The molecule has 2 aliphatic rings. The van der Waals surface area contributed by atoms with E-state index in [0.717, 1.165) is 33.7 Å². The van der Waals surface area contributed by atoms with Gasteiger partial charge in [-0.15, -0.1) is 0 Å². The second-order valence-corrected chi connectivity index (χ2v) is 12.1. The van der Waals surface area contributed by atoms with E-state index >= 15 is 0 Å². The minimum Gasteiger partial charge on any atom is -0.497 e. The number of aryl methyl sites for hydroxylation is 2. The second-order valence-electron chi connectivity index (χ2n) is 10.6.